The highest BCUT2D eigenvalue weighted by molar-refractivity contribution is 7.89. The van der Waals surface area contributed by atoms with Gasteiger partial charge in [0.25, 0.3) is 0 Å². The van der Waals surface area contributed by atoms with Crippen LogP contribution in [0, 0.1) is 0 Å². The predicted molar refractivity (Wildman–Crippen MR) is 56.2 cm³/mol. The van der Waals surface area contributed by atoms with Gasteiger partial charge in [-0.05, 0) is 19.1 Å². The number of Topliss-reactive ketones (excluding diaryl/α,β-unsaturated/α-hetero) is 1. The Hall–Kier alpha value is -0.840. The molecule has 76 valence electrons. The maximum atomic E-state index is 11.8. The Balaban J connectivity index is 2.65. The van der Waals surface area contributed by atoms with E-state index in [1.807, 2.05) is 18.2 Å². The van der Waals surface area contributed by atoms with E-state index < -0.39 is 11.4 Å². The number of hydrogen-bond acceptors (Lipinski definition) is 3. The van der Waals surface area contributed by atoms with Crippen molar-refractivity contribution in [1.82, 2.24) is 4.31 Å². The van der Waals surface area contributed by atoms with Crippen molar-refractivity contribution in [1.29, 1.82) is 0 Å². The number of hydrogen-bond donors (Lipinski definition) is 0. The number of rotatable bonds is 4. The minimum atomic E-state index is -1.24. The first-order valence-corrected chi connectivity index (χ1v) is 5.39. The minimum Gasteiger partial charge on any atom is -0.593 e. The van der Waals surface area contributed by atoms with Crippen LogP contribution in [-0.2, 0) is 16.2 Å². The van der Waals surface area contributed by atoms with Gasteiger partial charge in [-0.2, -0.15) is 0 Å². The molecule has 0 saturated heterocycles. The van der Waals surface area contributed by atoms with Crippen LogP contribution >= 0.6 is 0 Å². The zero-order valence-electron chi connectivity index (χ0n) is 8.27. The van der Waals surface area contributed by atoms with Crippen LogP contribution in [0.3, 0.4) is 0 Å². The summed E-state index contributed by atoms with van der Waals surface area (Å²) in [5.74, 6) is 0.0109. The van der Waals surface area contributed by atoms with Crippen molar-refractivity contribution in [3.05, 3.63) is 30.3 Å². The van der Waals surface area contributed by atoms with Crippen LogP contribution in [0.5, 0.6) is 0 Å². The van der Waals surface area contributed by atoms with Crippen molar-refractivity contribution in [3.8, 4) is 0 Å². The first kappa shape index (κ1) is 11.2. The van der Waals surface area contributed by atoms with E-state index >= 15 is 0 Å². The van der Waals surface area contributed by atoms with E-state index in [4.69, 9.17) is 0 Å². The van der Waals surface area contributed by atoms with Crippen LogP contribution in [0.2, 0.25) is 0 Å². The fourth-order valence-corrected chi connectivity index (χ4v) is 2.14. The third kappa shape index (κ3) is 3.14. The molecule has 0 bridgehead atoms. The van der Waals surface area contributed by atoms with Gasteiger partial charge in [-0.1, -0.05) is 18.2 Å². The molecule has 0 amide bonds. The molecule has 1 aromatic rings. The topological polar surface area (TPSA) is 43.4 Å². The summed E-state index contributed by atoms with van der Waals surface area (Å²) in [6.45, 7) is 1.69. The standard InChI is InChI=1S/C10H13NO2S/c1-9(12)8-11(2)14(13)10-6-4-3-5-7-10/h3-7H,8H2,1-2H3. The molecule has 1 aromatic carbocycles. The van der Waals surface area contributed by atoms with Gasteiger partial charge in [0.2, 0.25) is 0 Å². The average Bonchev–Trinajstić information content (AvgIpc) is 2.17. The van der Waals surface area contributed by atoms with Crippen LogP contribution in [0.15, 0.2) is 35.2 Å². The third-order valence-corrected chi connectivity index (χ3v) is 3.04. The number of benzene rings is 1. The van der Waals surface area contributed by atoms with Crippen LogP contribution in [0.4, 0.5) is 0 Å². The Bertz CT molecular complexity index is 302. The second kappa shape index (κ2) is 5.14. The summed E-state index contributed by atoms with van der Waals surface area (Å²) in [4.78, 5) is 11.5. The normalized spacial score (nSPS) is 12.9. The first-order valence-electron chi connectivity index (χ1n) is 4.29. The molecule has 1 atom stereocenters. The molecule has 1 unspecified atom stereocenters. The second-order valence-corrected chi connectivity index (χ2v) is 4.64. The zero-order chi connectivity index (χ0) is 10.6. The van der Waals surface area contributed by atoms with Crippen molar-refractivity contribution in [3.63, 3.8) is 0 Å². The summed E-state index contributed by atoms with van der Waals surface area (Å²) in [5, 5.41) is 0. The predicted octanol–water partition coefficient (Wildman–Crippen LogP) is 1.23. The van der Waals surface area contributed by atoms with Crippen molar-refractivity contribution in [2.45, 2.75) is 11.8 Å². The largest absolute Gasteiger partial charge is 0.593 e. The Morgan fingerprint density at radius 3 is 2.50 bits per heavy atom. The van der Waals surface area contributed by atoms with Gasteiger partial charge in [0, 0.05) is 7.05 Å². The summed E-state index contributed by atoms with van der Waals surface area (Å²) < 4.78 is 13.3. The van der Waals surface area contributed by atoms with Gasteiger partial charge in [0.15, 0.2) is 4.90 Å². The van der Waals surface area contributed by atoms with E-state index in [2.05, 4.69) is 0 Å². The molecule has 0 fully saturated rings. The molecular formula is C10H13NO2S. The lowest BCUT2D eigenvalue weighted by Gasteiger charge is -2.18. The smallest absolute Gasteiger partial charge is 0.174 e. The van der Waals surface area contributed by atoms with Crippen LogP contribution in [-0.4, -0.2) is 28.2 Å². The molecule has 0 aliphatic carbocycles. The third-order valence-electron chi connectivity index (χ3n) is 1.67. The lowest BCUT2D eigenvalue weighted by Crippen LogP contribution is -2.31. The fraction of sp³-hybridized carbons (Fsp3) is 0.300. The van der Waals surface area contributed by atoms with Crippen molar-refractivity contribution in [2.24, 2.45) is 0 Å². The van der Waals surface area contributed by atoms with Crippen LogP contribution < -0.4 is 0 Å². The Labute approximate surface area is 87.0 Å². The highest BCUT2D eigenvalue weighted by atomic mass is 32.2. The zero-order valence-corrected chi connectivity index (χ0v) is 9.08. The van der Waals surface area contributed by atoms with Gasteiger partial charge in [0.05, 0.1) is 11.4 Å². The summed E-state index contributed by atoms with van der Waals surface area (Å²) >= 11 is -1.24. The van der Waals surface area contributed by atoms with E-state index in [9.17, 15) is 9.35 Å². The molecule has 0 saturated carbocycles. The number of carbonyl (C=O) groups excluding carboxylic acids is 1. The van der Waals surface area contributed by atoms with E-state index in [1.54, 1.807) is 19.2 Å². The van der Waals surface area contributed by atoms with Gasteiger partial charge in [-0.3, -0.25) is 4.79 Å². The molecule has 3 nitrogen and oxygen atoms in total. The van der Waals surface area contributed by atoms with Crippen molar-refractivity contribution >= 4 is 17.1 Å². The lowest BCUT2D eigenvalue weighted by atomic mass is 10.4. The molecule has 0 spiro atoms. The van der Waals surface area contributed by atoms with Gasteiger partial charge in [-0.25, -0.2) is 0 Å². The van der Waals surface area contributed by atoms with E-state index in [1.165, 1.54) is 11.2 Å². The molecule has 0 aromatic heterocycles. The van der Waals surface area contributed by atoms with Gasteiger partial charge < -0.3 is 4.55 Å². The Morgan fingerprint density at radius 1 is 1.43 bits per heavy atom. The van der Waals surface area contributed by atoms with Crippen LogP contribution in [0.1, 0.15) is 6.92 Å². The number of likely N-dealkylation sites (N-methyl/N-ethyl adjacent to an activating group) is 1. The molecular weight excluding hydrogens is 198 g/mol. The molecule has 0 heterocycles. The molecule has 14 heavy (non-hydrogen) atoms. The molecule has 1 rings (SSSR count). The minimum absolute atomic E-state index is 0.0109. The average molecular weight is 211 g/mol. The first-order chi connectivity index (χ1) is 6.61. The molecule has 0 radical (unpaired) electrons. The number of carbonyl (C=O) groups is 1. The quantitative estimate of drug-likeness (QED) is 0.703. The highest BCUT2D eigenvalue weighted by Crippen LogP contribution is 2.12. The monoisotopic (exact) mass is 211 g/mol. The van der Waals surface area contributed by atoms with Gasteiger partial charge in [0.1, 0.15) is 12.3 Å². The summed E-state index contributed by atoms with van der Waals surface area (Å²) in [6.07, 6.45) is 0. The number of nitrogens with zero attached hydrogens (tertiary/aromatic N) is 1. The van der Waals surface area contributed by atoms with Crippen molar-refractivity contribution in [2.75, 3.05) is 13.6 Å². The maximum Gasteiger partial charge on any atom is 0.174 e. The van der Waals surface area contributed by atoms with Gasteiger partial charge in [-0.15, -0.1) is 4.31 Å². The summed E-state index contributed by atoms with van der Waals surface area (Å²) in [6, 6.07) is 9.09. The Kier molecular flexibility index (Phi) is 4.13. The maximum absolute atomic E-state index is 11.8. The van der Waals surface area contributed by atoms with E-state index in [0.29, 0.717) is 0 Å². The number of ketones is 1. The second-order valence-electron chi connectivity index (χ2n) is 3.05. The molecule has 0 N–H and O–H groups in total. The molecule has 0 aliphatic heterocycles. The summed E-state index contributed by atoms with van der Waals surface area (Å²) in [7, 11) is 1.67. The van der Waals surface area contributed by atoms with Gasteiger partial charge >= 0.3 is 0 Å². The van der Waals surface area contributed by atoms with Crippen molar-refractivity contribution < 1.29 is 9.35 Å². The van der Waals surface area contributed by atoms with E-state index in [0.717, 1.165) is 4.90 Å². The van der Waals surface area contributed by atoms with E-state index in [-0.39, 0.29) is 12.3 Å². The highest BCUT2D eigenvalue weighted by Gasteiger charge is 2.18. The molecule has 4 heteroatoms. The van der Waals surface area contributed by atoms with Crippen LogP contribution in [0.25, 0.3) is 0 Å². The SMILES string of the molecule is CC(=O)CN(C)[S+]([O-])c1ccccc1. The summed E-state index contributed by atoms with van der Waals surface area (Å²) in [5.41, 5.74) is 0. The fourth-order valence-electron chi connectivity index (χ4n) is 1.09. The molecule has 0 aliphatic rings. The lowest BCUT2D eigenvalue weighted by molar-refractivity contribution is -0.117. The Morgan fingerprint density at radius 2 is 2.00 bits per heavy atom.